The molecule has 0 fully saturated rings. The van der Waals surface area contributed by atoms with Gasteiger partial charge in [-0.05, 0) is 64.0 Å². The van der Waals surface area contributed by atoms with E-state index < -0.39 is 0 Å². The third kappa shape index (κ3) is 5.50. The van der Waals surface area contributed by atoms with Crippen LogP contribution in [0.1, 0.15) is 5.56 Å². The van der Waals surface area contributed by atoms with Crippen LogP contribution < -0.4 is 10.6 Å². The molecule has 3 aromatic rings. The van der Waals surface area contributed by atoms with Gasteiger partial charge in [0.15, 0.2) is 10.9 Å². The molecule has 3 rings (SSSR count). The zero-order valence-electron chi connectivity index (χ0n) is 13.4. The quantitative estimate of drug-likeness (QED) is 0.357. The van der Waals surface area contributed by atoms with Gasteiger partial charge in [0.1, 0.15) is 0 Å². The standard InChI is InChI=1S/C17H11BrCl4N4S/c18-11-8-26(7-9-1-3-12(20)14(22)5-9)25-16(11)24-17(27)23-15-6-10(19)2-4-13(15)21/h1-6,8H,7H2,(H2,23,24,25,27). The zero-order chi connectivity index (χ0) is 19.6. The van der Waals surface area contributed by atoms with Crippen molar-refractivity contribution in [1.82, 2.24) is 9.78 Å². The normalized spacial score (nSPS) is 10.7. The molecule has 0 aliphatic carbocycles. The maximum absolute atomic E-state index is 6.14. The van der Waals surface area contributed by atoms with Crippen LogP contribution in [0.15, 0.2) is 47.1 Å². The van der Waals surface area contributed by atoms with Gasteiger partial charge < -0.3 is 10.6 Å². The van der Waals surface area contributed by atoms with E-state index in [2.05, 4.69) is 31.7 Å². The smallest absolute Gasteiger partial charge is 0.176 e. The zero-order valence-corrected chi connectivity index (χ0v) is 18.9. The number of hydrogen-bond donors (Lipinski definition) is 2. The van der Waals surface area contributed by atoms with E-state index >= 15 is 0 Å². The van der Waals surface area contributed by atoms with Crippen LogP contribution in [0.2, 0.25) is 20.1 Å². The molecule has 1 aromatic heterocycles. The summed E-state index contributed by atoms with van der Waals surface area (Å²) in [5, 5.41) is 12.9. The van der Waals surface area contributed by atoms with Gasteiger partial charge in [-0.1, -0.05) is 52.5 Å². The molecular weight excluding hydrogens is 514 g/mol. The number of hydrogen-bond acceptors (Lipinski definition) is 2. The number of halogens is 5. The van der Waals surface area contributed by atoms with Gasteiger partial charge in [0.05, 0.1) is 31.8 Å². The second kappa shape index (κ2) is 8.99. The molecule has 0 unspecified atom stereocenters. The Bertz CT molecular complexity index is 1010. The average molecular weight is 525 g/mol. The second-order valence-corrected chi connectivity index (χ2v) is 8.40. The van der Waals surface area contributed by atoms with Crippen LogP contribution in [-0.2, 0) is 6.54 Å². The largest absolute Gasteiger partial charge is 0.331 e. The Morgan fingerprint density at radius 1 is 1.00 bits per heavy atom. The third-order valence-corrected chi connectivity index (χ3v) is 5.54. The molecule has 0 spiro atoms. The molecular formula is C17H11BrCl4N4S. The van der Waals surface area contributed by atoms with Crippen LogP contribution in [0.3, 0.4) is 0 Å². The Balaban J connectivity index is 1.69. The highest BCUT2D eigenvalue weighted by molar-refractivity contribution is 9.10. The monoisotopic (exact) mass is 522 g/mol. The van der Waals surface area contributed by atoms with Gasteiger partial charge >= 0.3 is 0 Å². The molecule has 27 heavy (non-hydrogen) atoms. The van der Waals surface area contributed by atoms with E-state index in [9.17, 15) is 0 Å². The Morgan fingerprint density at radius 3 is 2.48 bits per heavy atom. The number of anilines is 2. The molecule has 0 saturated heterocycles. The number of nitrogens with zero attached hydrogens (tertiary/aromatic N) is 2. The Kier molecular flexibility index (Phi) is 6.89. The van der Waals surface area contributed by atoms with Crippen LogP contribution in [0.4, 0.5) is 11.5 Å². The second-order valence-electron chi connectivity index (χ2n) is 5.47. The van der Waals surface area contributed by atoms with Crippen molar-refractivity contribution in [3.8, 4) is 0 Å². The maximum Gasteiger partial charge on any atom is 0.176 e. The first-order chi connectivity index (χ1) is 12.8. The summed E-state index contributed by atoms with van der Waals surface area (Å²) < 4.78 is 2.50. The molecule has 0 aliphatic heterocycles. The summed E-state index contributed by atoms with van der Waals surface area (Å²) in [6, 6.07) is 10.5. The number of benzene rings is 2. The summed E-state index contributed by atoms with van der Waals surface area (Å²) >= 11 is 32.9. The minimum Gasteiger partial charge on any atom is -0.331 e. The van der Waals surface area contributed by atoms with Crippen molar-refractivity contribution in [2.24, 2.45) is 0 Å². The van der Waals surface area contributed by atoms with Gasteiger partial charge in [-0.15, -0.1) is 0 Å². The first-order valence-electron chi connectivity index (χ1n) is 7.52. The first kappa shape index (κ1) is 20.7. The molecule has 2 N–H and O–H groups in total. The molecule has 0 saturated carbocycles. The van der Waals surface area contributed by atoms with Crippen molar-refractivity contribution in [3.63, 3.8) is 0 Å². The van der Waals surface area contributed by atoms with Crippen LogP contribution in [0.5, 0.6) is 0 Å². The van der Waals surface area contributed by atoms with Crippen LogP contribution >= 0.6 is 74.6 Å². The molecule has 140 valence electrons. The maximum atomic E-state index is 6.14. The van der Waals surface area contributed by atoms with Crippen molar-refractivity contribution in [2.75, 3.05) is 10.6 Å². The Morgan fingerprint density at radius 2 is 1.74 bits per heavy atom. The van der Waals surface area contributed by atoms with Gasteiger partial charge in [-0.25, -0.2) is 0 Å². The lowest BCUT2D eigenvalue weighted by Gasteiger charge is -2.11. The predicted molar refractivity (Wildman–Crippen MR) is 122 cm³/mol. The Hall–Kier alpha value is -1.02. The number of aromatic nitrogens is 2. The highest BCUT2D eigenvalue weighted by Gasteiger charge is 2.11. The SMILES string of the molecule is S=C(Nc1cc(Cl)ccc1Cl)Nc1nn(Cc2ccc(Cl)c(Cl)c2)cc1Br. The lowest BCUT2D eigenvalue weighted by Crippen LogP contribution is -2.20. The van der Waals surface area contributed by atoms with Gasteiger partial charge in [0, 0.05) is 11.2 Å². The lowest BCUT2D eigenvalue weighted by atomic mass is 10.2. The minimum atomic E-state index is 0.333. The highest BCUT2D eigenvalue weighted by Crippen LogP contribution is 2.27. The van der Waals surface area contributed by atoms with Gasteiger partial charge in [-0.3, -0.25) is 4.68 Å². The van der Waals surface area contributed by atoms with E-state index in [1.54, 1.807) is 35.0 Å². The fourth-order valence-corrected chi connectivity index (χ4v) is 3.52. The van der Waals surface area contributed by atoms with E-state index in [-0.39, 0.29) is 0 Å². The molecule has 0 radical (unpaired) electrons. The van der Waals surface area contributed by atoms with Gasteiger partial charge in [-0.2, -0.15) is 5.10 Å². The molecule has 1 heterocycles. The highest BCUT2D eigenvalue weighted by atomic mass is 79.9. The summed E-state index contributed by atoms with van der Waals surface area (Å²) in [6.07, 6.45) is 1.83. The molecule has 0 aliphatic rings. The summed E-state index contributed by atoms with van der Waals surface area (Å²) in [7, 11) is 0. The van der Waals surface area contributed by atoms with Gasteiger partial charge in [0.25, 0.3) is 0 Å². The average Bonchev–Trinajstić information content (AvgIpc) is 2.93. The van der Waals surface area contributed by atoms with Crippen LogP contribution in [0.25, 0.3) is 0 Å². The van der Waals surface area contributed by atoms with E-state index in [0.717, 1.165) is 10.0 Å². The summed E-state index contributed by atoms with van der Waals surface area (Å²) in [4.78, 5) is 0. The van der Waals surface area contributed by atoms with E-state index in [1.807, 2.05) is 12.3 Å². The van der Waals surface area contributed by atoms with Crippen molar-refractivity contribution < 1.29 is 0 Å². The number of rotatable bonds is 4. The number of thiocarbonyl (C=S) groups is 1. The summed E-state index contributed by atoms with van der Waals surface area (Å²) in [6.45, 7) is 0.525. The van der Waals surface area contributed by atoms with Crippen molar-refractivity contribution >= 4 is 91.2 Å². The minimum absolute atomic E-state index is 0.333. The first-order valence-corrected chi connectivity index (χ1v) is 10.2. The number of nitrogens with one attached hydrogen (secondary N) is 2. The third-order valence-electron chi connectivity index (χ3n) is 3.45. The van der Waals surface area contributed by atoms with Crippen LogP contribution in [-0.4, -0.2) is 14.9 Å². The molecule has 2 aromatic carbocycles. The lowest BCUT2D eigenvalue weighted by molar-refractivity contribution is 0.689. The molecule has 0 atom stereocenters. The summed E-state index contributed by atoms with van der Waals surface area (Å²) in [5.41, 5.74) is 1.57. The topological polar surface area (TPSA) is 41.9 Å². The fourth-order valence-electron chi connectivity index (χ4n) is 2.24. The van der Waals surface area contributed by atoms with E-state index in [4.69, 9.17) is 58.6 Å². The fraction of sp³-hybridized carbons (Fsp3) is 0.0588. The summed E-state index contributed by atoms with van der Waals surface area (Å²) in [5.74, 6) is 0.561. The van der Waals surface area contributed by atoms with E-state index in [0.29, 0.717) is 43.3 Å². The predicted octanol–water partition coefficient (Wildman–Crippen LogP) is 7.12. The van der Waals surface area contributed by atoms with E-state index in [1.165, 1.54) is 0 Å². The van der Waals surface area contributed by atoms with Crippen LogP contribution in [0, 0.1) is 0 Å². The van der Waals surface area contributed by atoms with Crippen molar-refractivity contribution in [1.29, 1.82) is 0 Å². The molecule has 0 amide bonds. The molecule has 0 bridgehead atoms. The van der Waals surface area contributed by atoms with Crippen molar-refractivity contribution in [3.05, 3.63) is 72.7 Å². The van der Waals surface area contributed by atoms with Crippen molar-refractivity contribution in [2.45, 2.75) is 6.54 Å². The Labute approximate surface area is 189 Å². The van der Waals surface area contributed by atoms with Gasteiger partial charge in [0.2, 0.25) is 0 Å². The molecule has 4 nitrogen and oxygen atoms in total. The molecule has 10 heteroatoms.